The summed E-state index contributed by atoms with van der Waals surface area (Å²) in [6.07, 6.45) is -3.45. The van der Waals surface area contributed by atoms with Crippen LogP contribution in [0.5, 0.6) is 0 Å². The van der Waals surface area contributed by atoms with E-state index in [2.05, 4.69) is 5.32 Å². The van der Waals surface area contributed by atoms with E-state index in [0.29, 0.717) is 0 Å². The first-order valence-electron chi connectivity index (χ1n) is 6.54. The van der Waals surface area contributed by atoms with Crippen molar-refractivity contribution in [1.82, 2.24) is 5.32 Å². The molecule has 1 aromatic carbocycles. The van der Waals surface area contributed by atoms with Crippen molar-refractivity contribution in [3.63, 3.8) is 0 Å². The lowest BCUT2D eigenvalue weighted by Crippen LogP contribution is -2.29. The van der Waals surface area contributed by atoms with E-state index in [4.69, 9.17) is 5.11 Å². The molecule has 19 heavy (non-hydrogen) atoms. The summed E-state index contributed by atoms with van der Waals surface area (Å²) >= 11 is 0. The van der Waals surface area contributed by atoms with Gasteiger partial charge in [-0.15, -0.1) is 0 Å². The average molecular weight is 275 g/mol. The van der Waals surface area contributed by atoms with Crippen LogP contribution in [0.15, 0.2) is 24.3 Å². The van der Waals surface area contributed by atoms with Crippen LogP contribution in [0.3, 0.4) is 0 Å². The quantitative estimate of drug-likeness (QED) is 0.869. The molecule has 1 fully saturated rings. The second kappa shape index (κ2) is 6.91. The molecule has 0 bridgehead atoms. The first kappa shape index (κ1) is 16.0. The number of benzene rings is 1. The summed E-state index contributed by atoms with van der Waals surface area (Å²) in [7, 11) is 0. The predicted octanol–water partition coefficient (Wildman–Crippen LogP) is 3.17. The van der Waals surface area contributed by atoms with Crippen molar-refractivity contribution >= 4 is 0 Å². The summed E-state index contributed by atoms with van der Waals surface area (Å²) in [5.41, 5.74) is 0.217. The van der Waals surface area contributed by atoms with E-state index in [1.807, 2.05) is 13.8 Å². The molecule has 1 saturated heterocycles. The first-order chi connectivity index (χ1) is 9.02. The third-order valence-electron chi connectivity index (χ3n) is 3.21. The van der Waals surface area contributed by atoms with Crippen LogP contribution in [0.2, 0.25) is 0 Å². The van der Waals surface area contributed by atoms with E-state index < -0.39 is 11.7 Å². The molecule has 1 heterocycles. The molecule has 108 valence electrons. The minimum absolute atomic E-state index is 0.00564. The van der Waals surface area contributed by atoms with E-state index in [-0.39, 0.29) is 18.6 Å². The topological polar surface area (TPSA) is 32.3 Å². The highest BCUT2D eigenvalue weighted by Crippen LogP contribution is 2.32. The second-order valence-corrected chi connectivity index (χ2v) is 4.26. The van der Waals surface area contributed by atoms with Crippen LogP contribution < -0.4 is 5.32 Å². The van der Waals surface area contributed by atoms with Gasteiger partial charge in [0.2, 0.25) is 0 Å². The fraction of sp³-hybridized carbons (Fsp3) is 0.571. The van der Waals surface area contributed by atoms with Gasteiger partial charge in [-0.3, -0.25) is 0 Å². The van der Waals surface area contributed by atoms with Crippen molar-refractivity contribution in [3.8, 4) is 0 Å². The molecule has 0 aliphatic carbocycles. The van der Waals surface area contributed by atoms with Gasteiger partial charge in [-0.1, -0.05) is 26.0 Å². The van der Waals surface area contributed by atoms with Crippen LogP contribution in [-0.4, -0.2) is 24.3 Å². The van der Waals surface area contributed by atoms with E-state index in [1.165, 1.54) is 12.1 Å². The van der Waals surface area contributed by atoms with Gasteiger partial charge in [-0.2, -0.15) is 13.2 Å². The summed E-state index contributed by atoms with van der Waals surface area (Å²) in [5.74, 6) is 0.0993. The van der Waals surface area contributed by atoms with Crippen molar-refractivity contribution in [2.24, 2.45) is 0 Å². The van der Waals surface area contributed by atoms with Crippen LogP contribution in [-0.2, 0) is 6.18 Å². The van der Waals surface area contributed by atoms with E-state index >= 15 is 0 Å². The Kier molecular flexibility index (Phi) is 5.82. The number of aliphatic hydroxyl groups is 1. The third kappa shape index (κ3) is 3.94. The van der Waals surface area contributed by atoms with Gasteiger partial charge in [0, 0.05) is 12.0 Å². The largest absolute Gasteiger partial charge is 0.416 e. The Morgan fingerprint density at radius 2 is 1.79 bits per heavy atom. The number of rotatable bonds is 2. The molecule has 1 aromatic rings. The number of nitrogens with one attached hydrogen (secondary N) is 1. The van der Waals surface area contributed by atoms with E-state index in [0.717, 1.165) is 30.7 Å². The Bertz CT molecular complexity index is 375. The molecule has 2 unspecified atom stereocenters. The lowest BCUT2D eigenvalue weighted by molar-refractivity contribution is -0.137. The maximum Gasteiger partial charge on any atom is 0.416 e. The normalized spacial score (nSPS) is 22.8. The van der Waals surface area contributed by atoms with Crippen molar-refractivity contribution in [2.75, 3.05) is 13.2 Å². The number of hydrogen-bond acceptors (Lipinski definition) is 2. The maximum absolute atomic E-state index is 12.4. The van der Waals surface area contributed by atoms with E-state index in [1.54, 1.807) is 0 Å². The minimum atomic E-state index is -4.29. The molecule has 2 rings (SSSR count). The standard InChI is InChI=1S/C12H14F3NO.C2H6/c13-12(14,15)9-3-1-8(2-4-9)10-5-6-16-11(10)7-17;1-2/h1-4,10-11,16-17H,5-7H2;1-2H3. The maximum atomic E-state index is 12.4. The zero-order chi connectivity index (χ0) is 14.5. The van der Waals surface area contributed by atoms with Gasteiger partial charge in [0.05, 0.1) is 12.2 Å². The lowest BCUT2D eigenvalue weighted by Gasteiger charge is -2.18. The van der Waals surface area contributed by atoms with Gasteiger partial charge >= 0.3 is 6.18 Å². The molecule has 1 aliphatic heterocycles. The average Bonchev–Trinajstić information content (AvgIpc) is 2.88. The van der Waals surface area contributed by atoms with Crippen LogP contribution in [0.4, 0.5) is 13.2 Å². The van der Waals surface area contributed by atoms with Crippen LogP contribution in [0.25, 0.3) is 0 Å². The van der Waals surface area contributed by atoms with Gasteiger partial charge in [0.1, 0.15) is 0 Å². The first-order valence-corrected chi connectivity index (χ1v) is 6.54. The smallest absolute Gasteiger partial charge is 0.395 e. The molecule has 5 heteroatoms. The summed E-state index contributed by atoms with van der Waals surface area (Å²) in [5, 5.41) is 12.3. The third-order valence-corrected chi connectivity index (χ3v) is 3.21. The molecule has 2 nitrogen and oxygen atoms in total. The van der Waals surface area contributed by atoms with Gasteiger partial charge in [0.15, 0.2) is 0 Å². The van der Waals surface area contributed by atoms with Crippen molar-refractivity contribution in [2.45, 2.75) is 38.4 Å². The summed E-state index contributed by atoms with van der Waals surface area (Å²) in [4.78, 5) is 0. The van der Waals surface area contributed by atoms with Gasteiger partial charge in [-0.05, 0) is 30.7 Å². The van der Waals surface area contributed by atoms with Crippen LogP contribution >= 0.6 is 0 Å². The Labute approximate surface area is 111 Å². The fourth-order valence-corrected chi connectivity index (χ4v) is 2.28. The molecule has 0 amide bonds. The molecular formula is C14H20F3NO. The van der Waals surface area contributed by atoms with Gasteiger partial charge < -0.3 is 10.4 Å². The SMILES string of the molecule is CC.OCC1NCCC1c1ccc(C(F)(F)F)cc1. The monoisotopic (exact) mass is 275 g/mol. The molecule has 0 spiro atoms. The number of aliphatic hydroxyl groups excluding tert-OH is 1. The van der Waals surface area contributed by atoms with E-state index in [9.17, 15) is 13.2 Å². The number of halogens is 3. The zero-order valence-corrected chi connectivity index (χ0v) is 11.2. The van der Waals surface area contributed by atoms with Gasteiger partial charge in [0.25, 0.3) is 0 Å². The van der Waals surface area contributed by atoms with Crippen molar-refractivity contribution in [3.05, 3.63) is 35.4 Å². The Morgan fingerprint density at radius 3 is 2.26 bits per heavy atom. The number of hydrogen-bond donors (Lipinski definition) is 2. The van der Waals surface area contributed by atoms with Crippen LogP contribution in [0.1, 0.15) is 37.3 Å². The van der Waals surface area contributed by atoms with Crippen LogP contribution in [0, 0.1) is 0 Å². The summed E-state index contributed by atoms with van der Waals surface area (Å²) < 4.78 is 37.2. The summed E-state index contributed by atoms with van der Waals surface area (Å²) in [6.45, 7) is 4.79. The zero-order valence-electron chi connectivity index (χ0n) is 11.2. The highest BCUT2D eigenvalue weighted by atomic mass is 19.4. The molecule has 0 saturated carbocycles. The second-order valence-electron chi connectivity index (χ2n) is 4.26. The Morgan fingerprint density at radius 1 is 1.21 bits per heavy atom. The summed E-state index contributed by atoms with van der Waals surface area (Å²) in [6, 6.07) is 5.16. The number of alkyl halides is 3. The lowest BCUT2D eigenvalue weighted by atomic mass is 9.91. The molecular weight excluding hydrogens is 255 g/mol. The highest BCUT2D eigenvalue weighted by molar-refractivity contribution is 5.29. The Hall–Kier alpha value is -1.07. The van der Waals surface area contributed by atoms with Crippen molar-refractivity contribution < 1.29 is 18.3 Å². The molecule has 1 aliphatic rings. The Balaban J connectivity index is 0.000000861. The predicted molar refractivity (Wildman–Crippen MR) is 69.0 cm³/mol. The van der Waals surface area contributed by atoms with Crippen molar-refractivity contribution in [1.29, 1.82) is 0 Å². The minimum Gasteiger partial charge on any atom is -0.395 e. The fourth-order valence-electron chi connectivity index (χ4n) is 2.28. The van der Waals surface area contributed by atoms with Gasteiger partial charge in [-0.25, -0.2) is 0 Å². The highest BCUT2D eigenvalue weighted by Gasteiger charge is 2.31. The molecule has 2 N–H and O–H groups in total. The molecule has 0 radical (unpaired) electrons. The molecule has 0 aromatic heterocycles. The molecule has 2 atom stereocenters.